The predicted octanol–water partition coefficient (Wildman–Crippen LogP) is 3.92. The van der Waals surface area contributed by atoms with Crippen molar-refractivity contribution in [2.24, 2.45) is 0 Å². The van der Waals surface area contributed by atoms with Crippen molar-refractivity contribution in [1.82, 2.24) is 10.3 Å². The van der Waals surface area contributed by atoms with Crippen LogP contribution in [0.4, 0.5) is 4.79 Å². The zero-order valence-electron chi connectivity index (χ0n) is 17.9. The van der Waals surface area contributed by atoms with Crippen molar-refractivity contribution in [3.63, 3.8) is 0 Å². The molecular formula is C25H22N2O6. The van der Waals surface area contributed by atoms with E-state index >= 15 is 0 Å². The summed E-state index contributed by atoms with van der Waals surface area (Å²) in [5.41, 5.74) is 4.90. The third-order valence-electron chi connectivity index (χ3n) is 5.60. The first-order valence-corrected chi connectivity index (χ1v) is 10.4. The number of benzene rings is 2. The molecule has 4 rings (SSSR count). The average Bonchev–Trinajstić information content (AvgIpc) is 3.15. The summed E-state index contributed by atoms with van der Waals surface area (Å²) in [5, 5.41) is 11.9. The maximum Gasteiger partial charge on any atom is 0.407 e. The number of fused-ring (bicyclic) bond motifs is 3. The summed E-state index contributed by atoms with van der Waals surface area (Å²) in [4.78, 5) is 39.5. The number of carboxylic acid groups (broad SMARTS) is 1. The maximum atomic E-state index is 12.6. The SMILES string of the molecule is COC(=O)c1ccc(C(CC(=O)O)NC(=O)OCC2c3ccccc3-c3ccccc32)cn1. The number of aromatic nitrogens is 1. The first-order valence-electron chi connectivity index (χ1n) is 10.4. The molecule has 2 aromatic carbocycles. The van der Waals surface area contributed by atoms with Gasteiger partial charge in [-0.2, -0.15) is 0 Å². The molecule has 8 nitrogen and oxygen atoms in total. The number of carboxylic acids is 1. The van der Waals surface area contributed by atoms with Crippen molar-refractivity contribution >= 4 is 18.0 Å². The Kier molecular flexibility index (Phi) is 6.35. The van der Waals surface area contributed by atoms with Gasteiger partial charge in [-0.05, 0) is 33.9 Å². The Morgan fingerprint density at radius 1 is 1.00 bits per heavy atom. The normalized spacial score (nSPS) is 12.9. The Hall–Kier alpha value is -4.20. The third kappa shape index (κ3) is 4.69. The molecule has 0 saturated heterocycles. The number of rotatable bonds is 7. The quantitative estimate of drug-likeness (QED) is 0.529. The van der Waals surface area contributed by atoms with Crippen molar-refractivity contribution in [1.29, 1.82) is 0 Å². The second-order valence-corrected chi connectivity index (χ2v) is 7.59. The van der Waals surface area contributed by atoms with Gasteiger partial charge in [0, 0.05) is 12.1 Å². The van der Waals surface area contributed by atoms with Gasteiger partial charge in [0.1, 0.15) is 12.3 Å². The van der Waals surface area contributed by atoms with Crippen LogP contribution in [0.2, 0.25) is 0 Å². The molecule has 0 spiro atoms. The number of esters is 1. The third-order valence-corrected chi connectivity index (χ3v) is 5.60. The highest BCUT2D eigenvalue weighted by molar-refractivity contribution is 5.87. The number of nitrogens with zero attached hydrogens (tertiary/aromatic N) is 1. The number of hydrogen-bond acceptors (Lipinski definition) is 6. The molecule has 0 fully saturated rings. The lowest BCUT2D eigenvalue weighted by Crippen LogP contribution is -2.31. The number of methoxy groups -OCH3 is 1. The largest absolute Gasteiger partial charge is 0.481 e. The number of hydrogen-bond donors (Lipinski definition) is 2. The number of alkyl carbamates (subject to hydrolysis) is 1. The first-order chi connectivity index (χ1) is 16.0. The van der Waals surface area contributed by atoms with Crippen LogP contribution >= 0.6 is 0 Å². The fraction of sp³-hybridized carbons (Fsp3) is 0.200. The van der Waals surface area contributed by atoms with E-state index in [0.29, 0.717) is 5.56 Å². The molecule has 2 N–H and O–H groups in total. The number of aliphatic carboxylic acids is 1. The van der Waals surface area contributed by atoms with Crippen molar-refractivity contribution < 1.29 is 29.0 Å². The molecule has 1 amide bonds. The number of nitrogens with one attached hydrogen (secondary N) is 1. The summed E-state index contributed by atoms with van der Waals surface area (Å²) in [6.45, 7) is 0.110. The maximum absolute atomic E-state index is 12.6. The van der Waals surface area contributed by atoms with E-state index in [4.69, 9.17) is 4.74 Å². The van der Waals surface area contributed by atoms with Crippen LogP contribution in [0, 0.1) is 0 Å². The summed E-state index contributed by atoms with van der Waals surface area (Å²) in [6.07, 6.45) is 0.229. The standard InChI is InChI=1S/C25H22N2O6/c1-32-24(30)21-11-10-15(13-26-21)22(12-23(28)29)27-25(31)33-14-20-18-8-4-2-6-16(18)17-7-3-5-9-19(17)20/h2-11,13,20,22H,12,14H2,1H3,(H,27,31)(H,28,29). The molecule has 0 bridgehead atoms. The number of ether oxygens (including phenoxy) is 2. The van der Waals surface area contributed by atoms with Crippen molar-refractivity contribution in [3.8, 4) is 11.1 Å². The van der Waals surface area contributed by atoms with Crippen LogP contribution in [-0.2, 0) is 14.3 Å². The van der Waals surface area contributed by atoms with Gasteiger partial charge in [-0.25, -0.2) is 14.6 Å². The van der Waals surface area contributed by atoms with Crippen LogP contribution in [-0.4, -0.2) is 41.8 Å². The van der Waals surface area contributed by atoms with Crippen LogP contribution in [0.5, 0.6) is 0 Å². The van der Waals surface area contributed by atoms with Gasteiger partial charge in [-0.15, -0.1) is 0 Å². The van der Waals surface area contributed by atoms with Gasteiger partial charge in [-0.1, -0.05) is 54.6 Å². The summed E-state index contributed by atoms with van der Waals surface area (Å²) < 4.78 is 10.1. The van der Waals surface area contributed by atoms with Gasteiger partial charge in [0.25, 0.3) is 0 Å². The average molecular weight is 446 g/mol. The van der Waals surface area contributed by atoms with Crippen LogP contribution < -0.4 is 5.32 Å². The highest BCUT2D eigenvalue weighted by Gasteiger charge is 2.29. The molecular weight excluding hydrogens is 424 g/mol. The number of pyridine rings is 1. The van der Waals surface area contributed by atoms with Crippen LogP contribution in [0.15, 0.2) is 66.9 Å². The zero-order valence-corrected chi connectivity index (χ0v) is 17.9. The van der Waals surface area contributed by atoms with E-state index in [0.717, 1.165) is 22.3 Å². The molecule has 3 aromatic rings. The van der Waals surface area contributed by atoms with E-state index in [1.54, 1.807) is 0 Å². The minimum atomic E-state index is -1.10. The smallest absolute Gasteiger partial charge is 0.407 e. The number of amides is 1. The molecule has 8 heteroatoms. The number of carbonyl (C=O) groups excluding carboxylic acids is 2. The fourth-order valence-electron chi connectivity index (χ4n) is 4.05. The molecule has 1 aromatic heterocycles. The Bertz CT molecular complexity index is 1150. The van der Waals surface area contributed by atoms with Crippen LogP contribution in [0.1, 0.15) is 45.6 Å². The van der Waals surface area contributed by atoms with Crippen LogP contribution in [0.25, 0.3) is 11.1 Å². The Balaban J connectivity index is 1.46. The molecule has 33 heavy (non-hydrogen) atoms. The molecule has 1 unspecified atom stereocenters. The Morgan fingerprint density at radius 3 is 2.18 bits per heavy atom. The molecule has 0 saturated carbocycles. The van der Waals surface area contributed by atoms with Gasteiger partial charge < -0.3 is 19.9 Å². The van der Waals surface area contributed by atoms with Crippen LogP contribution in [0.3, 0.4) is 0 Å². The summed E-state index contributed by atoms with van der Waals surface area (Å²) >= 11 is 0. The predicted molar refractivity (Wildman–Crippen MR) is 119 cm³/mol. The van der Waals surface area contributed by atoms with Gasteiger partial charge in [-0.3, -0.25) is 4.79 Å². The van der Waals surface area contributed by atoms with Gasteiger partial charge in [0.05, 0.1) is 19.6 Å². The van der Waals surface area contributed by atoms with Crippen molar-refractivity contribution in [3.05, 3.63) is 89.2 Å². The molecule has 168 valence electrons. The zero-order chi connectivity index (χ0) is 23.4. The van der Waals surface area contributed by atoms with E-state index in [9.17, 15) is 19.5 Å². The molecule has 1 aliphatic rings. The van der Waals surface area contributed by atoms with E-state index in [2.05, 4.69) is 15.0 Å². The Labute approximate surface area is 190 Å². The van der Waals surface area contributed by atoms with Gasteiger partial charge >= 0.3 is 18.0 Å². The summed E-state index contributed by atoms with van der Waals surface area (Å²) in [6, 6.07) is 18.0. The Morgan fingerprint density at radius 2 is 1.64 bits per heavy atom. The lowest BCUT2D eigenvalue weighted by molar-refractivity contribution is -0.137. The monoisotopic (exact) mass is 446 g/mol. The molecule has 1 atom stereocenters. The molecule has 1 heterocycles. The van der Waals surface area contributed by atoms with Crippen molar-refractivity contribution in [2.75, 3.05) is 13.7 Å². The summed E-state index contributed by atoms with van der Waals surface area (Å²) in [7, 11) is 1.24. The minimum Gasteiger partial charge on any atom is -0.481 e. The highest BCUT2D eigenvalue weighted by Crippen LogP contribution is 2.44. The second-order valence-electron chi connectivity index (χ2n) is 7.59. The lowest BCUT2D eigenvalue weighted by atomic mass is 9.98. The molecule has 1 aliphatic carbocycles. The van der Waals surface area contributed by atoms with E-state index in [1.165, 1.54) is 25.4 Å². The topological polar surface area (TPSA) is 115 Å². The summed E-state index contributed by atoms with van der Waals surface area (Å²) in [5.74, 6) is -1.82. The lowest BCUT2D eigenvalue weighted by Gasteiger charge is -2.19. The minimum absolute atomic E-state index is 0.0801. The van der Waals surface area contributed by atoms with Gasteiger partial charge in [0.2, 0.25) is 0 Å². The van der Waals surface area contributed by atoms with Gasteiger partial charge in [0.15, 0.2) is 0 Å². The second kappa shape index (κ2) is 9.52. The first kappa shape index (κ1) is 22.0. The molecule has 0 aliphatic heterocycles. The van der Waals surface area contributed by atoms with Crippen molar-refractivity contribution in [2.45, 2.75) is 18.4 Å². The molecule has 0 radical (unpaired) electrons. The van der Waals surface area contributed by atoms with E-state index < -0.39 is 24.1 Å². The number of carbonyl (C=O) groups is 3. The highest BCUT2D eigenvalue weighted by atomic mass is 16.5. The van der Waals surface area contributed by atoms with E-state index in [1.807, 2.05) is 48.5 Å². The van der Waals surface area contributed by atoms with E-state index in [-0.39, 0.29) is 24.6 Å². The fourth-order valence-corrected chi connectivity index (χ4v) is 4.05.